The van der Waals surface area contributed by atoms with Crippen molar-refractivity contribution < 1.29 is 5.11 Å². The summed E-state index contributed by atoms with van der Waals surface area (Å²) < 4.78 is 0. The Labute approximate surface area is 86.7 Å². The molecule has 3 heteroatoms. The summed E-state index contributed by atoms with van der Waals surface area (Å²) in [6.07, 6.45) is 0. The highest BCUT2D eigenvalue weighted by Crippen LogP contribution is 2.28. The highest BCUT2D eigenvalue weighted by atomic mass is 16.3. The van der Waals surface area contributed by atoms with Crippen LogP contribution in [-0.2, 0) is 0 Å². The summed E-state index contributed by atoms with van der Waals surface area (Å²) in [4.78, 5) is 5.02. The maximum absolute atomic E-state index is 8.92. The van der Waals surface area contributed by atoms with Gasteiger partial charge in [0.1, 0.15) is 0 Å². The molecule has 0 spiro atoms. The maximum Gasteiger partial charge on any atom is 0.0483 e. The molecular formula is C11H22N2O. The molecule has 0 aromatic rings. The lowest BCUT2D eigenvalue weighted by Gasteiger charge is -2.55. The van der Waals surface area contributed by atoms with Crippen LogP contribution < -0.4 is 0 Å². The average molecular weight is 198 g/mol. The number of likely N-dealkylation sites (tertiary alicyclic amines) is 2. The van der Waals surface area contributed by atoms with Gasteiger partial charge in [-0.15, -0.1) is 0 Å². The Balaban J connectivity index is 1.69. The quantitative estimate of drug-likeness (QED) is 0.695. The molecule has 3 nitrogen and oxygen atoms in total. The number of rotatable bonds is 2. The topological polar surface area (TPSA) is 26.7 Å². The van der Waals surface area contributed by atoms with Crippen LogP contribution in [0.5, 0.6) is 0 Å². The van der Waals surface area contributed by atoms with E-state index in [0.717, 1.165) is 19.1 Å². The molecule has 2 fully saturated rings. The first-order chi connectivity index (χ1) is 6.50. The third-order valence-electron chi connectivity index (χ3n) is 3.57. The van der Waals surface area contributed by atoms with E-state index in [4.69, 9.17) is 5.11 Å². The van der Waals surface area contributed by atoms with Crippen molar-refractivity contribution in [2.24, 2.45) is 5.92 Å². The van der Waals surface area contributed by atoms with E-state index in [1.54, 1.807) is 0 Å². The van der Waals surface area contributed by atoms with Crippen LogP contribution in [0.15, 0.2) is 0 Å². The van der Waals surface area contributed by atoms with Crippen molar-refractivity contribution in [3.8, 4) is 0 Å². The third kappa shape index (κ3) is 1.81. The van der Waals surface area contributed by atoms with Crippen molar-refractivity contribution in [3.05, 3.63) is 0 Å². The van der Waals surface area contributed by atoms with Gasteiger partial charge in [-0.05, 0) is 20.8 Å². The Bertz CT molecular complexity index is 200. The van der Waals surface area contributed by atoms with Gasteiger partial charge >= 0.3 is 0 Å². The number of aliphatic hydroxyl groups is 1. The molecule has 0 aromatic heterocycles. The van der Waals surface area contributed by atoms with Gasteiger partial charge in [0.2, 0.25) is 0 Å². The fourth-order valence-corrected chi connectivity index (χ4v) is 2.26. The Kier molecular flexibility index (Phi) is 2.58. The fourth-order valence-electron chi connectivity index (χ4n) is 2.26. The van der Waals surface area contributed by atoms with Crippen molar-refractivity contribution in [2.75, 3.05) is 32.8 Å². The normalized spacial score (nSPS) is 27.4. The molecule has 2 aliphatic heterocycles. The Morgan fingerprint density at radius 3 is 2.14 bits per heavy atom. The van der Waals surface area contributed by atoms with E-state index in [9.17, 15) is 0 Å². The molecule has 0 aliphatic carbocycles. The van der Waals surface area contributed by atoms with Gasteiger partial charge in [-0.1, -0.05) is 0 Å². The zero-order valence-corrected chi connectivity index (χ0v) is 9.53. The fraction of sp³-hybridized carbons (Fsp3) is 1.00. The Hall–Kier alpha value is -0.120. The minimum Gasteiger partial charge on any atom is -0.396 e. The number of nitrogens with zero attached hydrogens (tertiary/aromatic N) is 2. The van der Waals surface area contributed by atoms with E-state index in [1.807, 2.05) is 0 Å². The molecular weight excluding hydrogens is 176 g/mol. The van der Waals surface area contributed by atoms with Crippen LogP contribution in [0.3, 0.4) is 0 Å². The second-order valence-electron chi connectivity index (χ2n) is 5.73. The highest BCUT2D eigenvalue weighted by Gasteiger charge is 2.41. The van der Waals surface area contributed by atoms with E-state index in [0.29, 0.717) is 18.1 Å². The van der Waals surface area contributed by atoms with Crippen molar-refractivity contribution >= 4 is 0 Å². The van der Waals surface area contributed by atoms with Crippen LogP contribution in [0.1, 0.15) is 20.8 Å². The predicted molar refractivity (Wildman–Crippen MR) is 57.3 cm³/mol. The van der Waals surface area contributed by atoms with Crippen LogP contribution in [0.25, 0.3) is 0 Å². The van der Waals surface area contributed by atoms with E-state index < -0.39 is 0 Å². The molecule has 0 saturated carbocycles. The van der Waals surface area contributed by atoms with Gasteiger partial charge in [-0.25, -0.2) is 0 Å². The molecule has 2 rings (SSSR count). The van der Waals surface area contributed by atoms with E-state index >= 15 is 0 Å². The summed E-state index contributed by atoms with van der Waals surface area (Å²) in [5, 5.41) is 8.92. The third-order valence-corrected chi connectivity index (χ3v) is 3.57. The molecule has 0 aromatic carbocycles. The van der Waals surface area contributed by atoms with Gasteiger partial charge in [0, 0.05) is 50.3 Å². The van der Waals surface area contributed by atoms with Crippen LogP contribution >= 0.6 is 0 Å². The zero-order chi connectivity index (χ0) is 10.3. The molecule has 2 heterocycles. The first-order valence-corrected chi connectivity index (χ1v) is 5.60. The molecule has 1 N–H and O–H groups in total. The molecule has 0 unspecified atom stereocenters. The smallest absolute Gasteiger partial charge is 0.0483 e. The summed E-state index contributed by atoms with van der Waals surface area (Å²) >= 11 is 0. The summed E-state index contributed by atoms with van der Waals surface area (Å²) in [5.41, 5.74) is 0.331. The van der Waals surface area contributed by atoms with Gasteiger partial charge in [0.15, 0.2) is 0 Å². The lowest BCUT2D eigenvalue weighted by molar-refractivity contribution is -0.0728. The summed E-state index contributed by atoms with van der Waals surface area (Å²) in [6.45, 7) is 11.8. The first-order valence-electron chi connectivity index (χ1n) is 5.60. The lowest BCUT2D eigenvalue weighted by atomic mass is 9.91. The summed E-state index contributed by atoms with van der Waals surface area (Å²) in [6, 6.07) is 0.761. The van der Waals surface area contributed by atoms with Crippen molar-refractivity contribution in [1.82, 2.24) is 9.80 Å². The van der Waals surface area contributed by atoms with Gasteiger partial charge in [0.05, 0.1) is 0 Å². The van der Waals surface area contributed by atoms with Gasteiger partial charge in [-0.3, -0.25) is 9.80 Å². The predicted octanol–water partition coefficient (Wildman–Crippen LogP) is 0.393. The summed E-state index contributed by atoms with van der Waals surface area (Å²) in [7, 11) is 0. The van der Waals surface area contributed by atoms with Crippen LogP contribution in [-0.4, -0.2) is 59.3 Å². The maximum atomic E-state index is 8.92. The molecule has 2 saturated heterocycles. The molecule has 0 amide bonds. The van der Waals surface area contributed by atoms with Crippen LogP contribution in [0.2, 0.25) is 0 Å². The van der Waals surface area contributed by atoms with Crippen LogP contribution in [0.4, 0.5) is 0 Å². The van der Waals surface area contributed by atoms with Crippen molar-refractivity contribution in [3.63, 3.8) is 0 Å². The van der Waals surface area contributed by atoms with Gasteiger partial charge < -0.3 is 5.11 Å². The zero-order valence-electron chi connectivity index (χ0n) is 9.53. The minimum absolute atomic E-state index is 0.331. The number of aliphatic hydroxyl groups excluding tert-OH is 1. The largest absolute Gasteiger partial charge is 0.396 e. The Morgan fingerprint density at radius 1 is 1.14 bits per heavy atom. The second kappa shape index (κ2) is 3.47. The number of hydrogen-bond donors (Lipinski definition) is 1. The highest BCUT2D eigenvalue weighted by molar-refractivity contribution is 4.97. The minimum atomic E-state index is 0.331. The molecule has 82 valence electrons. The SMILES string of the molecule is CC(C)(C)N1CC(N2CC(CO)C2)C1. The molecule has 14 heavy (non-hydrogen) atoms. The van der Waals surface area contributed by atoms with Gasteiger partial charge in [-0.2, -0.15) is 0 Å². The monoisotopic (exact) mass is 198 g/mol. The van der Waals surface area contributed by atoms with Gasteiger partial charge in [0.25, 0.3) is 0 Å². The van der Waals surface area contributed by atoms with Crippen LogP contribution in [0, 0.1) is 5.92 Å². The van der Waals surface area contributed by atoms with E-state index in [1.165, 1.54) is 13.1 Å². The second-order valence-corrected chi connectivity index (χ2v) is 5.73. The van der Waals surface area contributed by atoms with E-state index in [-0.39, 0.29) is 0 Å². The average Bonchev–Trinajstić information content (AvgIpc) is 1.87. The number of hydrogen-bond acceptors (Lipinski definition) is 3. The van der Waals surface area contributed by atoms with Crippen molar-refractivity contribution in [2.45, 2.75) is 32.4 Å². The first kappa shape index (κ1) is 10.4. The molecule has 0 radical (unpaired) electrons. The molecule has 0 atom stereocenters. The lowest BCUT2D eigenvalue weighted by Crippen LogP contribution is -2.68. The molecule has 2 aliphatic rings. The van der Waals surface area contributed by atoms with Crippen molar-refractivity contribution in [1.29, 1.82) is 0 Å². The standard InChI is InChI=1S/C11H22N2O/c1-11(2,3)13-6-10(7-13)12-4-9(5-12)8-14/h9-10,14H,4-8H2,1-3H3. The van der Waals surface area contributed by atoms with E-state index in [2.05, 4.69) is 30.6 Å². The summed E-state index contributed by atoms with van der Waals surface area (Å²) in [5.74, 6) is 0.554. The molecule has 0 bridgehead atoms. The Morgan fingerprint density at radius 2 is 1.71 bits per heavy atom.